The van der Waals surface area contributed by atoms with Gasteiger partial charge in [-0.25, -0.2) is 4.79 Å². The lowest BCUT2D eigenvalue weighted by molar-refractivity contribution is 0.0733. The van der Waals surface area contributed by atoms with E-state index in [4.69, 9.17) is 9.47 Å². The van der Waals surface area contributed by atoms with Crippen LogP contribution in [0.3, 0.4) is 0 Å². The van der Waals surface area contributed by atoms with Crippen molar-refractivity contribution in [3.05, 3.63) is 59.2 Å². The topological polar surface area (TPSA) is 35.5 Å². The largest absolute Gasteiger partial charge is 0.494 e. The fourth-order valence-electron chi connectivity index (χ4n) is 2.22. The zero-order valence-electron chi connectivity index (χ0n) is 13.6. The first-order chi connectivity index (χ1) is 10.5. The van der Waals surface area contributed by atoms with E-state index in [9.17, 15) is 4.79 Å². The van der Waals surface area contributed by atoms with E-state index in [0.717, 1.165) is 16.9 Å². The van der Waals surface area contributed by atoms with Crippen LogP contribution in [0.1, 0.15) is 48.2 Å². The molecule has 3 heteroatoms. The third-order valence-electron chi connectivity index (χ3n) is 3.39. The molecule has 0 heterocycles. The molecule has 0 aromatic heterocycles. The molecule has 2 aromatic rings. The van der Waals surface area contributed by atoms with Gasteiger partial charge in [-0.2, -0.15) is 0 Å². The molecule has 22 heavy (non-hydrogen) atoms. The van der Waals surface area contributed by atoms with Gasteiger partial charge >= 0.3 is 5.97 Å². The highest BCUT2D eigenvalue weighted by Crippen LogP contribution is 2.28. The second kappa shape index (κ2) is 7.12. The number of ether oxygens (including phenoxy) is 2. The van der Waals surface area contributed by atoms with E-state index in [1.165, 1.54) is 0 Å². The summed E-state index contributed by atoms with van der Waals surface area (Å²) in [5.41, 5.74) is 2.61. The van der Waals surface area contributed by atoms with E-state index < -0.39 is 0 Å². The maximum atomic E-state index is 12.3. The van der Waals surface area contributed by atoms with Crippen LogP contribution in [-0.4, -0.2) is 12.6 Å². The number of esters is 1. The van der Waals surface area contributed by atoms with Gasteiger partial charge in [0, 0.05) is 0 Å². The molecule has 0 fully saturated rings. The normalized spacial score (nSPS) is 10.6. The number of carbonyl (C=O) groups is 1. The average Bonchev–Trinajstić information content (AvgIpc) is 2.48. The molecule has 0 aliphatic carbocycles. The number of aryl methyl sites for hydroxylation is 1. The van der Waals surface area contributed by atoms with Crippen LogP contribution >= 0.6 is 0 Å². The molecule has 0 amide bonds. The lowest BCUT2D eigenvalue weighted by Gasteiger charge is -2.13. The zero-order chi connectivity index (χ0) is 16.1. The molecule has 3 nitrogen and oxygen atoms in total. The number of hydrogen-bond acceptors (Lipinski definition) is 3. The maximum Gasteiger partial charge on any atom is 0.343 e. The van der Waals surface area contributed by atoms with Gasteiger partial charge in [0.1, 0.15) is 11.5 Å². The lowest BCUT2D eigenvalue weighted by atomic mass is 10.0. The van der Waals surface area contributed by atoms with E-state index in [-0.39, 0.29) is 5.97 Å². The summed E-state index contributed by atoms with van der Waals surface area (Å²) in [5.74, 6) is 1.32. The molecule has 0 bridgehead atoms. The van der Waals surface area contributed by atoms with Gasteiger partial charge in [0.15, 0.2) is 0 Å². The van der Waals surface area contributed by atoms with Crippen LogP contribution in [0, 0.1) is 6.92 Å². The first-order valence-corrected chi connectivity index (χ1v) is 7.57. The number of carbonyl (C=O) groups excluding carboxylic acids is 1. The summed E-state index contributed by atoms with van der Waals surface area (Å²) in [5, 5.41) is 0. The van der Waals surface area contributed by atoms with Crippen molar-refractivity contribution in [3.63, 3.8) is 0 Å². The molecule has 0 aliphatic heterocycles. The van der Waals surface area contributed by atoms with Gasteiger partial charge in [0.2, 0.25) is 0 Å². The Hall–Kier alpha value is -2.29. The molecule has 0 N–H and O–H groups in total. The SMILES string of the molecule is CCOc1ccc(C(=O)Oc2cc(C)ccc2C(C)C)cc1. The Balaban J connectivity index is 2.19. The van der Waals surface area contributed by atoms with E-state index >= 15 is 0 Å². The summed E-state index contributed by atoms with van der Waals surface area (Å²) in [6.07, 6.45) is 0. The monoisotopic (exact) mass is 298 g/mol. The fraction of sp³-hybridized carbons (Fsp3) is 0.316. The van der Waals surface area contributed by atoms with Crippen molar-refractivity contribution in [1.29, 1.82) is 0 Å². The standard InChI is InChI=1S/C19H22O3/c1-5-21-16-9-7-15(8-10-16)19(20)22-18-12-14(4)6-11-17(18)13(2)3/h6-13H,5H2,1-4H3. The van der Waals surface area contributed by atoms with Crippen molar-refractivity contribution in [3.8, 4) is 11.5 Å². The molecule has 0 saturated carbocycles. The Bertz CT molecular complexity index is 642. The summed E-state index contributed by atoms with van der Waals surface area (Å²) in [6, 6.07) is 12.9. The first kappa shape index (κ1) is 16.1. The Morgan fingerprint density at radius 1 is 1.09 bits per heavy atom. The minimum absolute atomic E-state index is 0.295. The van der Waals surface area contributed by atoms with Crippen molar-refractivity contribution in [1.82, 2.24) is 0 Å². The van der Waals surface area contributed by atoms with E-state index in [1.54, 1.807) is 24.3 Å². The summed E-state index contributed by atoms with van der Waals surface area (Å²) in [7, 11) is 0. The molecule has 0 saturated heterocycles. The van der Waals surface area contributed by atoms with Gasteiger partial charge in [0.25, 0.3) is 0 Å². The zero-order valence-corrected chi connectivity index (χ0v) is 13.6. The van der Waals surface area contributed by atoms with Crippen molar-refractivity contribution in [2.45, 2.75) is 33.6 Å². The third kappa shape index (κ3) is 3.88. The van der Waals surface area contributed by atoms with Gasteiger partial charge < -0.3 is 9.47 Å². The lowest BCUT2D eigenvalue weighted by Crippen LogP contribution is -2.10. The van der Waals surface area contributed by atoms with Crippen LogP contribution in [0.15, 0.2) is 42.5 Å². The Morgan fingerprint density at radius 2 is 1.77 bits per heavy atom. The fourth-order valence-corrected chi connectivity index (χ4v) is 2.22. The van der Waals surface area contributed by atoms with Gasteiger partial charge in [-0.05, 0) is 61.2 Å². The van der Waals surface area contributed by atoms with Crippen molar-refractivity contribution < 1.29 is 14.3 Å². The summed E-state index contributed by atoms with van der Waals surface area (Å²) < 4.78 is 11.0. The second-order valence-corrected chi connectivity index (χ2v) is 5.54. The van der Waals surface area contributed by atoms with Gasteiger partial charge in [0.05, 0.1) is 12.2 Å². The van der Waals surface area contributed by atoms with Crippen molar-refractivity contribution in [2.75, 3.05) is 6.61 Å². The summed E-state index contributed by atoms with van der Waals surface area (Å²) in [4.78, 5) is 12.3. The maximum absolute atomic E-state index is 12.3. The summed E-state index contributed by atoms with van der Waals surface area (Å²) >= 11 is 0. The van der Waals surface area contributed by atoms with E-state index in [0.29, 0.717) is 23.8 Å². The predicted molar refractivity (Wildman–Crippen MR) is 87.8 cm³/mol. The van der Waals surface area contributed by atoms with Crippen molar-refractivity contribution >= 4 is 5.97 Å². The molecule has 0 aliphatic rings. The van der Waals surface area contributed by atoms with Gasteiger partial charge in [-0.3, -0.25) is 0 Å². The summed E-state index contributed by atoms with van der Waals surface area (Å²) in [6.45, 7) is 8.67. The molecule has 2 aromatic carbocycles. The van der Waals surface area contributed by atoms with Crippen molar-refractivity contribution in [2.24, 2.45) is 0 Å². The number of benzene rings is 2. The predicted octanol–water partition coefficient (Wildman–Crippen LogP) is 4.74. The quantitative estimate of drug-likeness (QED) is 0.591. The van der Waals surface area contributed by atoms with Gasteiger partial charge in [-0.1, -0.05) is 26.0 Å². The molecular weight excluding hydrogens is 276 g/mol. The molecular formula is C19H22O3. The molecule has 0 spiro atoms. The Labute approximate surface area is 131 Å². The average molecular weight is 298 g/mol. The van der Waals surface area contributed by atoms with Crippen LogP contribution in [0.5, 0.6) is 11.5 Å². The smallest absolute Gasteiger partial charge is 0.343 e. The van der Waals surface area contributed by atoms with Crippen LogP contribution < -0.4 is 9.47 Å². The molecule has 0 radical (unpaired) electrons. The highest BCUT2D eigenvalue weighted by atomic mass is 16.5. The molecule has 116 valence electrons. The number of hydrogen-bond donors (Lipinski definition) is 0. The Kier molecular flexibility index (Phi) is 5.21. The minimum atomic E-state index is -0.351. The highest BCUT2D eigenvalue weighted by Gasteiger charge is 2.14. The first-order valence-electron chi connectivity index (χ1n) is 7.57. The van der Waals surface area contributed by atoms with Crippen LogP contribution in [-0.2, 0) is 0 Å². The van der Waals surface area contributed by atoms with E-state index in [2.05, 4.69) is 13.8 Å². The molecule has 2 rings (SSSR count). The van der Waals surface area contributed by atoms with Crippen LogP contribution in [0.25, 0.3) is 0 Å². The highest BCUT2D eigenvalue weighted by molar-refractivity contribution is 5.91. The molecule has 0 unspecified atom stereocenters. The molecule has 0 atom stereocenters. The van der Waals surface area contributed by atoms with Crippen LogP contribution in [0.4, 0.5) is 0 Å². The van der Waals surface area contributed by atoms with E-state index in [1.807, 2.05) is 32.0 Å². The van der Waals surface area contributed by atoms with Crippen LogP contribution in [0.2, 0.25) is 0 Å². The number of rotatable bonds is 5. The second-order valence-electron chi connectivity index (χ2n) is 5.54. The Morgan fingerprint density at radius 3 is 2.36 bits per heavy atom. The van der Waals surface area contributed by atoms with Gasteiger partial charge in [-0.15, -0.1) is 0 Å². The minimum Gasteiger partial charge on any atom is -0.494 e. The third-order valence-corrected chi connectivity index (χ3v) is 3.39.